The van der Waals surface area contributed by atoms with Gasteiger partial charge in [0.2, 0.25) is 0 Å². The lowest BCUT2D eigenvalue weighted by atomic mass is 10.1. The third kappa shape index (κ3) is 4.10. The third-order valence-corrected chi connectivity index (χ3v) is 3.88. The molecule has 1 heterocycles. The Morgan fingerprint density at radius 1 is 1.56 bits per heavy atom. The van der Waals surface area contributed by atoms with E-state index in [2.05, 4.69) is 18.8 Å². The maximum Gasteiger partial charge on any atom is 0.0991 e. The van der Waals surface area contributed by atoms with Gasteiger partial charge in [-0.1, -0.05) is 36.2 Å². The molecule has 90 valence electrons. The van der Waals surface area contributed by atoms with Crippen LogP contribution in [0.25, 0.3) is 0 Å². The van der Waals surface area contributed by atoms with E-state index in [0.717, 1.165) is 40.0 Å². The van der Waals surface area contributed by atoms with Gasteiger partial charge in [0.05, 0.1) is 8.67 Å². The molecule has 0 bridgehead atoms. The Hall–Kier alpha value is -0.0200. The summed E-state index contributed by atoms with van der Waals surface area (Å²) in [4.78, 5) is 0. The third-order valence-electron chi connectivity index (χ3n) is 2.36. The Balaban J connectivity index is 2.73. The van der Waals surface area contributed by atoms with Crippen LogP contribution < -0.4 is 5.32 Å². The number of nitrogens with one attached hydrogen (secondary N) is 1. The minimum Gasteiger partial charge on any atom is -0.310 e. The standard InChI is InChI=1S/C12H17Cl2NS/c1-3-5-6-10(15-7-4-2)9-8-11(13)16-12(9)14/h3,8,10,15H,1,4-7H2,2H3. The van der Waals surface area contributed by atoms with Crippen molar-refractivity contribution in [1.82, 2.24) is 5.32 Å². The zero-order valence-corrected chi connectivity index (χ0v) is 11.8. The normalized spacial score (nSPS) is 12.7. The van der Waals surface area contributed by atoms with Crippen LogP contribution in [0.15, 0.2) is 18.7 Å². The first kappa shape index (κ1) is 14.0. The number of halogens is 2. The maximum absolute atomic E-state index is 6.17. The molecule has 1 aromatic rings. The Kier molecular flexibility index (Phi) is 6.44. The molecule has 0 amide bonds. The first-order valence-corrected chi connectivity index (χ1v) is 7.05. The summed E-state index contributed by atoms with van der Waals surface area (Å²) in [5, 5.41) is 3.49. The Labute approximate surface area is 111 Å². The van der Waals surface area contributed by atoms with Gasteiger partial charge in [0, 0.05) is 11.6 Å². The zero-order chi connectivity index (χ0) is 12.0. The van der Waals surface area contributed by atoms with Gasteiger partial charge in [0.15, 0.2) is 0 Å². The van der Waals surface area contributed by atoms with Crippen molar-refractivity contribution in [1.29, 1.82) is 0 Å². The Bertz CT molecular complexity index is 336. The fraction of sp³-hybridized carbons (Fsp3) is 0.500. The van der Waals surface area contributed by atoms with E-state index in [1.807, 2.05) is 12.1 Å². The van der Waals surface area contributed by atoms with Crippen molar-refractivity contribution in [3.05, 3.63) is 33.0 Å². The average Bonchev–Trinajstić information content (AvgIpc) is 2.58. The van der Waals surface area contributed by atoms with Gasteiger partial charge in [-0.25, -0.2) is 0 Å². The molecule has 0 spiro atoms. The monoisotopic (exact) mass is 277 g/mol. The first-order valence-electron chi connectivity index (χ1n) is 5.48. The van der Waals surface area contributed by atoms with Crippen LogP contribution in [0, 0.1) is 0 Å². The summed E-state index contributed by atoms with van der Waals surface area (Å²) >= 11 is 13.6. The number of hydrogen-bond acceptors (Lipinski definition) is 2. The van der Waals surface area contributed by atoms with Crippen LogP contribution >= 0.6 is 34.5 Å². The van der Waals surface area contributed by atoms with Crippen LogP contribution in [0.3, 0.4) is 0 Å². The summed E-state index contributed by atoms with van der Waals surface area (Å²) in [6.07, 6.45) is 5.03. The average molecular weight is 278 g/mol. The topological polar surface area (TPSA) is 12.0 Å². The molecular weight excluding hydrogens is 261 g/mol. The molecular formula is C12H17Cl2NS. The Morgan fingerprint density at radius 3 is 2.81 bits per heavy atom. The van der Waals surface area contributed by atoms with Gasteiger partial charge in [-0.15, -0.1) is 17.9 Å². The van der Waals surface area contributed by atoms with Crippen LogP contribution in [-0.2, 0) is 0 Å². The second-order valence-corrected chi connectivity index (χ2v) is 5.94. The summed E-state index contributed by atoms with van der Waals surface area (Å²) in [6.45, 7) is 6.89. The van der Waals surface area contributed by atoms with Crippen molar-refractivity contribution in [2.75, 3.05) is 6.54 Å². The van der Waals surface area contributed by atoms with Crippen molar-refractivity contribution in [2.24, 2.45) is 0 Å². The van der Waals surface area contributed by atoms with E-state index in [1.165, 1.54) is 11.3 Å². The van der Waals surface area contributed by atoms with Crippen molar-refractivity contribution < 1.29 is 0 Å². The molecule has 0 aliphatic carbocycles. The molecule has 0 fully saturated rings. The highest BCUT2D eigenvalue weighted by atomic mass is 35.5. The first-order chi connectivity index (χ1) is 7.69. The van der Waals surface area contributed by atoms with E-state index in [9.17, 15) is 0 Å². The smallest absolute Gasteiger partial charge is 0.0991 e. The molecule has 1 atom stereocenters. The second kappa shape index (κ2) is 7.33. The van der Waals surface area contributed by atoms with Crippen molar-refractivity contribution in [3.63, 3.8) is 0 Å². The summed E-state index contributed by atoms with van der Waals surface area (Å²) in [5.74, 6) is 0. The molecule has 0 saturated carbocycles. The van der Waals surface area contributed by atoms with Gasteiger partial charge in [-0.05, 0) is 31.9 Å². The second-order valence-electron chi connectivity index (χ2n) is 3.65. The highest BCUT2D eigenvalue weighted by molar-refractivity contribution is 7.20. The van der Waals surface area contributed by atoms with Gasteiger partial charge in [0.1, 0.15) is 0 Å². The van der Waals surface area contributed by atoms with E-state index in [-0.39, 0.29) is 6.04 Å². The number of allylic oxidation sites excluding steroid dienone is 1. The summed E-state index contributed by atoms with van der Waals surface area (Å²) < 4.78 is 1.55. The molecule has 16 heavy (non-hydrogen) atoms. The minimum absolute atomic E-state index is 0.286. The minimum atomic E-state index is 0.286. The molecule has 0 radical (unpaired) electrons. The largest absolute Gasteiger partial charge is 0.310 e. The summed E-state index contributed by atoms with van der Waals surface area (Å²) in [6, 6.07) is 2.25. The highest BCUT2D eigenvalue weighted by Gasteiger charge is 2.16. The van der Waals surface area contributed by atoms with Gasteiger partial charge in [-0.2, -0.15) is 0 Å². The predicted octanol–water partition coefficient (Wildman–Crippen LogP) is 5.06. The van der Waals surface area contributed by atoms with Crippen LogP contribution in [0.2, 0.25) is 8.67 Å². The number of rotatable bonds is 7. The SMILES string of the molecule is C=CCCC(NCCC)c1cc(Cl)sc1Cl. The van der Waals surface area contributed by atoms with Crippen molar-refractivity contribution in [3.8, 4) is 0 Å². The van der Waals surface area contributed by atoms with E-state index in [0.29, 0.717) is 0 Å². The van der Waals surface area contributed by atoms with Crippen molar-refractivity contribution in [2.45, 2.75) is 32.2 Å². The van der Waals surface area contributed by atoms with E-state index < -0.39 is 0 Å². The van der Waals surface area contributed by atoms with Gasteiger partial charge in [-0.3, -0.25) is 0 Å². The molecule has 0 saturated heterocycles. The van der Waals surface area contributed by atoms with Crippen LogP contribution in [-0.4, -0.2) is 6.54 Å². The molecule has 1 nitrogen and oxygen atoms in total. The molecule has 1 rings (SSSR count). The quantitative estimate of drug-likeness (QED) is 0.687. The lowest BCUT2D eigenvalue weighted by molar-refractivity contribution is 0.504. The van der Waals surface area contributed by atoms with Crippen LogP contribution in [0.1, 0.15) is 37.8 Å². The number of hydrogen-bond donors (Lipinski definition) is 1. The Morgan fingerprint density at radius 2 is 2.31 bits per heavy atom. The van der Waals surface area contributed by atoms with Gasteiger partial charge >= 0.3 is 0 Å². The molecule has 1 N–H and O–H groups in total. The van der Waals surface area contributed by atoms with Crippen LogP contribution in [0.5, 0.6) is 0 Å². The molecule has 0 aliphatic rings. The number of thiophene rings is 1. The van der Waals surface area contributed by atoms with E-state index in [4.69, 9.17) is 23.2 Å². The lowest BCUT2D eigenvalue weighted by Crippen LogP contribution is -2.21. The summed E-state index contributed by atoms with van der Waals surface area (Å²) in [5.41, 5.74) is 1.12. The lowest BCUT2D eigenvalue weighted by Gasteiger charge is -2.17. The molecule has 1 unspecified atom stereocenters. The van der Waals surface area contributed by atoms with E-state index >= 15 is 0 Å². The van der Waals surface area contributed by atoms with Gasteiger partial charge < -0.3 is 5.32 Å². The fourth-order valence-electron chi connectivity index (χ4n) is 1.56. The van der Waals surface area contributed by atoms with Gasteiger partial charge in [0.25, 0.3) is 0 Å². The molecule has 1 aromatic heterocycles. The van der Waals surface area contributed by atoms with Crippen LogP contribution in [0.4, 0.5) is 0 Å². The fourth-order valence-corrected chi connectivity index (χ4v) is 3.14. The van der Waals surface area contributed by atoms with Crippen molar-refractivity contribution >= 4 is 34.5 Å². The molecule has 4 heteroatoms. The van der Waals surface area contributed by atoms with E-state index in [1.54, 1.807) is 0 Å². The highest BCUT2D eigenvalue weighted by Crippen LogP contribution is 2.36. The maximum atomic E-state index is 6.17. The predicted molar refractivity (Wildman–Crippen MR) is 74.8 cm³/mol. The molecule has 0 aliphatic heterocycles. The summed E-state index contributed by atoms with van der Waals surface area (Å²) in [7, 11) is 0. The zero-order valence-electron chi connectivity index (χ0n) is 9.43. The molecule has 0 aromatic carbocycles.